The van der Waals surface area contributed by atoms with E-state index in [0.717, 1.165) is 6.07 Å². The molecule has 1 saturated carbocycles. The second-order valence-electron chi connectivity index (χ2n) is 9.50. The van der Waals surface area contributed by atoms with E-state index in [4.69, 9.17) is 30.5 Å². The number of anilines is 2. The van der Waals surface area contributed by atoms with Crippen LogP contribution in [-0.4, -0.2) is 37.1 Å². The summed E-state index contributed by atoms with van der Waals surface area (Å²) < 4.78 is 51.3. The number of amides is 2. The number of nitrogens with one attached hydrogen (secondary N) is 2. The molecule has 6 rings (SSSR count). The number of halogens is 3. The van der Waals surface area contributed by atoms with Crippen LogP contribution in [0.1, 0.15) is 12.8 Å². The SMILES string of the molecule is COc1cc2nccc(Oc3cc(Cl)c(NC(=O)C4(C(=O)Nc5ccc(F)cc5)CC4)cc3F)c2c2c1OCCO2. The molecule has 0 atom stereocenters. The summed E-state index contributed by atoms with van der Waals surface area (Å²) in [6, 6.07) is 10.6. The predicted octanol–water partition coefficient (Wildman–Crippen LogP) is 6.10. The van der Waals surface area contributed by atoms with Crippen LogP contribution in [0.25, 0.3) is 10.9 Å². The second kappa shape index (κ2) is 10.4. The number of fused-ring (bicyclic) bond motifs is 3. The van der Waals surface area contributed by atoms with Crippen molar-refractivity contribution in [2.45, 2.75) is 12.8 Å². The van der Waals surface area contributed by atoms with E-state index in [1.165, 1.54) is 43.6 Å². The van der Waals surface area contributed by atoms with Crippen LogP contribution in [0.2, 0.25) is 5.02 Å². The molecule has 210 valence electrons. The topological polar surface area (TPSA) is 108 Å². The summed E-state index contributed by atoms with van der Waals surface area (Å²) in [6.07, 6.45) is 2.08. The van der Waals surface area contributed by atoms with Crippen LogP contribution in [0.4, 0.5) is 20.2 Å². The first-order valence-corrected chi connectivity index (χ1v) is 13.0. The lowest BCUT2D eigenvalue weighted by Gasteiger charge is -2.23. The monoisotopic (exact) mass is 581 g/mol. The summed E-state index contributed by atoms with van der Waals surface area (Å²) in [5, 5.41) is 5.62. The summed E-state index contributed by atoms with van der Waals surface area (Å²) in [7, 11) is 1.50. The zero-order chi connectivity index (χ0) is 28.7. The van der Waals surface area contributed by atoms with Gasteiger partial charge < -0.3 is 29.6 Å². The molecule has 2 amide bonds. The number of aromatic nitrogens is 1. The number of rotatable bonds is 7. The van der Waals surface area contributed by atoms with Crippen molar-refractivity contribution in [1.82, 2.24) is 4.98 Å². The third kappa shape index (κ3) is 4.93. The molecule has 0 bridgehead atoms. The van der Waals surface area contributed by atoms with Gasteiger partial charge in [-0.3, -0.25) is 14.6 Å². The third-order valence-electron chi connectivity index (χ3n) is 6.87. The Bertz CT molecular complexity index is 1700. The highest BCUT2D eigenvalue weighted by Gasteiger charge is 2.56. The van der Waals surface area contributed by atoms with Crippen LogP contribution >= 0.6 is 11.6 Å². The van der Waals surface area contributed by atoms with Crippen LogP contribution in [0, 0.1) is 17.0 Å². The lowest BCUT2D eigenvalue weighted by Crippen LogP contribution is -2.35. The molecule has 1 fully saturated rings. The van der Waals surface area contributed by atoms with E-state index in [2.05, 4.69) is 15.6 Å². The highest BCUT2D eigenvalue weighted by atomic mass is 35.5. The first-order chi connectivity index (χ1) is 19.8. The molecule has 12 heteroatoms. The van der Waals surface area contributed by atoms with Gasteiger partial charge >= 0.3 is 0 Å². The Balaban J connectivity index is 1.24. The van der Waals surface area contributed by atoms with Gasteiger partial charge in [-0.2, -0.15) is 0 Å². The van der Waals surface area contributed by atoms with Crippen LogP contribution in [-0.2, 0) is 9.59 Å². The van der Waals surface area contributed by atoms with Gasteiger partial charge in [0.25, 0.3) is 0 Å². The van der Waals surface area contributed by atoms with Gasteiger partial charge in [0.2, 0.25) is 17.6 Å². The van der Waals surface area contributed by atoms with Crippen molar-refractivity contribution >= 4 is 45.7 Å². The summed E-state index contributed by atoms with van der Waals surface area (Å²) in [5.41, 5.74) is -0.545. The fraction of sp³-hybridized carbons (Fsp3) is 0.207. The zero-order valence-electron chi connectivity index (χ0n) is 21.6. The van der Waals surface area contributed by atoms with Crippen molar-refractivity contribution in [2.75, 3.05) is 31.0 Å². The molecule has 2 N–H and O–H groups in total. The number of carbonyl (C=O) groups excluding carboxylic acids is 2. The van der Waals surface area contributed by atoms with Gasteiger partial charge in [-0.05, 0) is 43.2 Å². The number of nitrogens with zero attached hydrogens (tertiary/aromatic N) is 1. The quantitative estimate of drug-likeness (QED) is 0.254. The molecule has 1 aromatic heterocycles. The zero-order valence-corrected chi connectivity index (χ0v) is 22.3. The number of carbonyl (C=O) groups is 2. The minimum Gasteiger partial charge on any atom is -0.493 e. The van der Waals surface area contributed by atoms with Crippen LogP contribution < -0.4 is 29.6 Å². The van der Waals surface area contributed by atoms with Crippen LogP contribution in [0.15, 0.2) is 54.7 Å². The minimum atomic E-state index is -1.35. The number of ether oxygens (including phenoxy) is 4. The Labute approximate surface area is 237 Å². The lowest BCUT2D eigenvalue weighted by molar-refractivity contribution is -0.131. The van der Waals surface area contributed by atoms with Gasteiger partial charge in [-0.25, -0.2) is 8.78 Å². The largest absolute Gasteiger partial charge is 0.493 e. The molecule has 0 radical (unpaired) electrons. The standard InChI is InChI=1S/C29H22ClF2N3O6/c1-38-23-14-20-24(26-25(23)39-10-11-40-26)21(6-9-33-20)41-22-12-17(30)19(13-18(22)32)35-28(37)29(7-8-29)27(36)34-16-4-2-15(31)3-5-16/h2-6,9,12-14H,7-8,10-11H2,1H3,(H,34,36)(H,35,37). The second-order valence-corrected chi connectivity index (χ2v) is 9.91. The normalized spacial score (nSPS) is 14.7. The van der Waals surface area contributed by atoms with Crippen molar-refractivity contribution in [3.63, 3.8) is 0 Å². The first-order valence-electron chi connectivity index (χ1n) is 12.6. The maximum absolute atomic E-state index is 15.3. The molecular weight excluding hydrogens is 560 g/mol. The Morgan fingerprint density at radius 2 is 1.63 bits per heavy atom. The Hall–Kier alpha value is -4.64. The number of hydrogen-bond acceptors (Lipinski definition) is 7. The maximum Gasteiger partial charge on any atom is 0.240 e. The molecule has 2 heterocycles. The minimum absolute atomic E-state index is 0.00821. The smallest absolute Gasteiger partial charge is 0.240 e. The Morgan fingerprint density at radius 1 is 0.927 bits per heavy atom. The highest BCUT2D eigenvalue weighted by molar-refractivity contribution is 6.34. The van der Waals surface area contributed by atoms with Gasteiger partial charge in [-0.1, -0.05) is 11.6 Å². The van der Waals surface area contributed by atoms with Crippen molar-refractivity contribution in [3.05, 3.63) is 71.4 Å². The van der Waals surface area contributed by atoms with E-state index in [1.54, 1.807) is 12.1 Å². The summed E-state index contributed by atoms with van der Waals surface area (Å²) >= 11 is 6.41. The van der Waals surface area contributed by atoms with Crippen LogP contribution in [0.5, 0.6) is 28.7 Å². The molecular formula is C29H22ClF2N3O6. The average molecular weight is 582 g/mol. The number of methoxy groups -OCH3 is 1. The first kappa shape index (κ1) is 26.6. The van der Waals surface area contributed by atoms with E-state index >= 15 is 4.39 Å². The van der Waals surface area contributed by atoms with Crippen molar-refractivity contribution < 1.29 is 37.3 Å². The van der Waals surface area contributed by atoms with Crippen molar-refractivity contribution in [1.29, 1.82) is 0 Å². The Morgan fingerprint density at radius 3 is 2.34 bits per heavy atom. The maximum atomic E-state index is 15.3. The molecule has 41 heavy (non-hydrogen) atoms. The number of pyridine rings is 1. The average Bonchev–Trinajstić information content (AvgIpc) is 3.79. The van der Waals surface area contributed by atoms with Gasteiger partial charge in [0.15, 0.2) is 23.1 Å². The number of hydrogen-bond donors (Lipinski definition) is 2. The summed E-state index contributed by atoms with van der Waals surface area (Å²) in [6.45, 7) is 0.625. The highest BCUT2D eigenvalue weighted by Crippen LogP contribution is 2.50. The predicted molar refractivity (Wildman–Crippen MR) is 146 cm³/mol. The third-order valence-corrected chi connectivity index (χ3v) is 7.19. The van der Waals surface area contributed by atoms with Gasteiger partial charge in [0.1, 0.15) is 30.2 Å². The number of benzene rings is 3. The lowest BCUT2D eigenvalue weighted by atomic mass is 10.0. The Kier molecular flexibility index (Phi) is 6.74. The van der Waals surface area contributed by atoms with Crippen molar-refractivity contribution in [3.8, 4) is 28.7 Å². The molecule has 1 aliphatic carbocycles. The molecule has 4 aromatic rings. The molecule has 0 unspecified atom stereocenters. The fourth-order valence-electron chi connectivity index (χ4n) is 4.54. The van der Waals surface area contributed by atoms with Gasteiger partial charge in [0, 0.05) is 30.1 Å². The summed E-state index contributed by atoms with van der Waals surface area (Å²) in [5.74, 6) is -1.24. The van der Waals surface area contributed by atoms with E-state index in [1.807, 2.05) is 0 Å². The molecule has 0 spiro atoms. The van der Waals surface area contributed by atoms with E-state index in [0.29, 0.717) is 59.9 Å². The molecule has 3 aromatic carbocycles. The molecule has 2 aliphatic rings. The van der Waals surface area contributed by atoms with Gasteiger partial charge in [-0.15, -0.1) is 0 Å². The summed E-state index contributed by atoms with van der Waals surface area (Å²) in [4.78, 5) is 30.3. The van der Waals surface area contributed by atoms with Crippen molar-refractivity contribution in [2.24, 2.45) is 5.41 Å². The molecule has 1 aliphatic heterocycles. The van der Waals surface area contributed by atoms with Gasteiger partial charge in [0.05, 0.1) is 28.7 Å². The fourth-order valence-corrected chi connectivity index (χ4v) is 4.74. The van der Waals surface area contributed by atoms with E-state index in [9.17, 15) is 14.0 Å². The van der Waals surface area contributed by atoms with Crippen LogP contribution in [0.3, 0.4) is 0 Å². The van der Waals surface area contributed by atoms with E-state index in [-0.39, 0.29) is 22.2 Å². The molecule has 0 saturated heterocycles. The van der Waals surface area contributed by atoms with E-state index < -0.39 is 28.9 Å². The molecule has 9 nitrogen and oxygen atoms in total.